The lowest BCUT2D eigenvalue weighted by Gasteiger charge is -2.16. The van der Waals surface area contributed by atoms with E-state index < -0.39 is 0 Å². The van der Waals surface area contributed by atoms with Gasteiger partial charge in [0, 0.05) is 5.75 Å². The SMILES string of the molecule is CCCCCCCCOc1ccc(CSCCC(CC)OC(=O)c2ccccc2)cc1. The van der Waals surface area contributed by atoms with E-state index in [0.717, 1.165) is 43.1 Å². The molecule has 0 aliphatic heterocycles. The van der Waals surface area contributed by atoms with Crippen molar-refractivity contribution in [3.63, 3.8) is 0 Å². The predicted molar refractivity (Wildman–Crippen MR) is 132 cm³/mol. The molecule has 2 rings (SSSR count). The van der Waals surface area contributed by atoms with Gasteiger partial charge in [0.05, 0.1) is 12.2 Å². The van der Waals surface area contributed by atoms with Crippen LogP contribution in [0.3, 0.4) is 0 Å². The Morgan fingerprint density at radius 3 is 2.32 bits per heavy atom. The van der Waals surface area contributed by atoms with E-state index in [1.165, 1.54) is 37.7 Å². The topological polar surface area (TPSA) is 35.5 Å². The zero-order valence-electron chi connectivity index (χ0n) is 19.2. The van der Waals surface area contributed by atoms with Crippen LogP contribution >= 0.6 is 11.8 Å². The molecule has 0 aliphatic carbocycles. The van der Waals surface area contributed by atoms with Crippen molar-refractivity contribution >= 4 is 17.7 Å². The van der Waals surface area contributed by atoms with Gasteiger partial charge in [0.25, 0.3) is 0 Å². The fraction of sp³-hybridized carbons (Fsp3) is 0.519. The third kappa shape index (κ3) is 10.8. The van der Waals surface area contributed by atoms with Crippen LogP contribution in [0.4, 0.5) is 0 Å². The summed E-state index contributed by atoms with van der Waals surface area (Å²) >= 11 is 1.88. The minimum absolute atomic E-state index is 0.0297. The van der Waals surface area contributed by atoms with Gasteiger partial charge in [-0.25, -0.2) is 4.79 Å². The second kappa shape index (κ2) is 15.8. The fourth-order valence-corrected chi connectivity index (χ4v) is 4.30. The summed E-state index contributed by atoms with van der Waals surface area (Å²) in [7, 11) is 0. The van der Waals surface area contributed by atoms with Gasteiger partial charge in [0.2, 0.25) is 0 Å². The number of carbonyl (C=O) groups excluding carboxylic acids is 1. The largest absolute Gasteiger partial charge is 0.494 e. The number of esters is 1. The van der Waals surface area contributed by atoms with Crippen molar-refractivity contribution in [3.8, 4) is 5.75 Å². The van der Waals surface area contributed by atoms with E-state index in [9.17, 15) is 4.79 Å². The summed E-state index contributed by atoms with van der Waals surface area (Å²) in [5, 5.41) is 0. The van der Waals surface area contributed by atoms with Crippen LogP contribution in [0.15, 0.2) is 54.6 Å². The van der Waals surface area contributed by atoms with E-state index in [0.29, 0.717) is 5.56 Å². The Balaban J connectivity index is 1.59. The number of hydrogen-bond acceptors (Lipinski definition) is 4. The Kier molecular flexibility index (Phi) is 12.9. The lowest BCUT2D eigenvalue weighted by Crippen LogP contribution is -2.18. The molecule has 0 N–H and O–H groups in total. The highest BCUT2D eigenvalue weighted by atomic mass is 32.2. The number of benzene rings is 2. The maximum absolute atomic E-state index is 12.2. The Labute approximate surface area is 192 Å². The molecule has 2 aromatic carbocycles. The van der Waals surface area contributed by atoms with Crippen LogP contribution in [0.5, 0.6) is 5.75 Å². The van der Waals surface area contributed by atoms with Crippen molar-refractivity contribution in [1.29, 1.82) is 0 Å². The predicted octanol–water partition coefficient (Wildman–Crippen LogP) is 7.68. The lowest BCUT2D eigenvalue weighted by atomic mass is 10.1. The van der Waals surface area contributed by atoms with Crippen molar-refractivity contribution < 1.29 is 14.3 Å². The van der Waals surface area contributed by atoms with Crippen molar-refractivity contribution in [2.45, 2.75) is 77.1 Å². The van der Waals surface area contributed by atoms with Crippen LogP contribution in [-0.4, -0.2) is 24.4 Å². The molecule has 0 heterocycles. The van der Waals surface area contributed by atoms with Crippen LogP contribution in [-0.2, 0) is 10.5 Å². The summed E-state index contributed by atoms with van der Waals surface area (Å²) in [5.41, 5.74) is 1.92. The summed E-state index contributed by atoms with van der Waals surface area (Å²) in [5.74, 6) is 2.66. The Morgan fingerprint density at radius 1 is 0.903 bits per heavy atom. The van der Waals surface area contributed by atoms with Crippen molar-refractivity contribution in [2.24, 2.45) is 0 Å². The number of rotatable bonds is 16. The Bertz CT molecular complexity index is 715. The molecule has 31 heavy (non-hydrogen) atoms. The van der Waals surface area contributed by atoms with Gasteiger partial charge >= 0.3 is 5.97 Å². The number of unbranched alkanes of at least 4 members (excludes halogenated alkanes) is 5. The van der Waals surface area contributed by atoms with Crippen LogP contribution in [0, 0.1) is 0 Å². The summed E-state index contributed by atoms with van der Waals surface area (Å²) in [6, 6.07) is 17.7. The quantitative estimate of drug-likeness (QED) is 0.197. The second-order valence-electron chi connectivity index (χ2n) is 7.90. The van der Waals surface area contributed by atoms with Gasteiger partial charge in [-0.1, -0.05) is 76.3 Å². The minimum Gasteiger partial charge on any atom is -0.494 e. The molecule has 0 saturated heterocycles. The lowest BCUT2D eigenvalue weighted by molar-refractivity contribution is 0.0287. The first-order valence-corrected chi connectivity index (χ1v) is 12.9. The highest BCUT2D eigenvalue weighted by molar-refractivity contribution is 7.98. The van der Waals surface area contributed by atoms with Crippen LogP contribution in [0.25, 0.3) is 0 Å². The molecule has 0 spiro atoms. The average Bonchev–Trinajstić information content (AvgIpc) is 2.81. The van der Waals surface area contributed by atoms with E-state index in [2.05, 4.69) is 38.1 Å². The normalized spacial score (nSPS) is 11.8. The Hall–Kier alpha value is -1.94. The molecule has 170 valence electrons. The third-order valence-corrected chi connectivity index (χ3v) is 6.34. The first-order chi connectivity index (χ1) is 15.2. The van der Waals surface area contributed by atoms with E-state index in [4.69, 9.17) is 9.47 Å². The van der Waals surface area contributed by atoms with Gasteiger partial charge in [0.1, 0.15) is 11.9 Å². The molecule has 0 saturated carbocycles. The molecule has 0 aromatic heterocycles. The maximum Gasteiger partial charge on any atom is 0.338 e. The standard InChI is InChI=1S/C27H38O3S/c1-3-5-6-7-8-12-20-29-26-17-15-23(16-18-26)22-31-21-19-25(4-2)30-27(28)24-13-10-9-11-14-24/h9-11,13-18,25H,3-8,12,19-22H2,1-2H3. The number of carbonyl (C=O) groups is 1. The summed E-state index contributed by atoms with van der Waals surface area (Å²) in [6.07, 6.45) is 9.37. The number of ether oxygens (including phenoxy) is 2. The maximum atomic E-state index is 12.2. The molecule has 3 nitrogen and oxygen atoms in total. The van der Waals surface area contributed by atoms with Crippen molar-refractivity contribution in [3.05, 3.63) is 65.7 Å². The van der Waals surface area contributed by atoms with E-state index in [1.54, 1.807) is 12.1 Å². The van der Waals surface area contributed by atoms with E-state index in [-0.39, 0.29) is 12.1 Å². The number of hydrogen-bond donors (Lipinski definition) is 0. The second-order valence-corrected chi connectivity index (χ2v) is 9.01. The molecule has 2 aromatic rings. The van der Waals surface area contributed by atoms with Crippen molar-refractivity contribution in [1.82, 2.24) is 0 Å². The summed E-state index contributed by atoms with van der Waals surface area (Å²) in [4.78, 5) is 12.2. The molecule has 0 radical (unpaired) electrons. The van der Waals surface area contributed by atoms with Gasteiger partial charge in [0.15, 0.2) is 0 Å². The van der Waals surface area contributed by atoms with Gasteiger partial charge in [-0.05, 0) is 54.8 Å². The van der Waals surface area contributed by atoms with Crippen molar-refractivity contribution in [2.75, 3.05) is 12.4 Å². The van der Waals surface area contributed by atoms with Gasteiger partial charge in [-0.2, -0.15) is 11.8 Å². The molecular weight excluding hydrogens is 404 g/mol. The zero-order valence-corrected chi connectivity index (χ0v) is 20.0. The Morgan fingerprint density at radius 2 is 1.61 bits per heavy atom. The van der Waals surface area contributed by atoms with Gasteiger partial charge in [-0.3, -0.25) is 0 Å². The molecule has 1 atom stereocenters. The first kappa shape index (κ1) is 25.3. The molecule has 0 bridgehead atoms. The van der Waals surface area contributed by atoms with E-state index in [1.807, 2.05) is 30.0 Å². The average molecular weight is 443 g/mol. The fourth-order valence-electron chi connectivity index (χ4n) is 3.30. The monoisotopic (exact) mass is 442 g/mol. The van der Waals surface area contributed by atoms with Crippen LogP contribution < -0.4 is 4.74 Å². The van der Waals surface area contributed by atoms with Gasteiger partial charge < -0.3 is 9.47 Å². The van der Waals surface area contributed by atoms with Crippen LogP contribution in [0.1, 0.15) is 81.1 Å². The number of thioether (sulfide) groups is 1. The summed E-state index contributed by atoms with van der Waals surface area (Å²) < 4.78 is 11.5. The molecule has 0 fully saturated rings. The van der Waals surface area contributed by atoms with Gasteiger partial charge in [-0.15, -0.1) is 0 Å². The smallest absolute Gasteiger partial charge is 0.338 e. The highest BCUT2D eigenvalue weighted by Crippen LogP contribution is 2.19. The molecule has 1 unspecified atom stereocenters. The molecule has 0 aliphatic rings. The first-order valence-electron chi connectivity index (χ1n) is 11.8. The molecular formula is C27H38O3S. The zero-order chi connectivity index (χ0) is 22.2. The van der Waals surface area contributed by atoms with E-state index >= 15 is 0 Å². The third-order valence-electron chi connectivity index (χ3n) is 5.28. The highest BCUT2D eigenvalue weighted by Gasteiger charge is 2.14. The van der Waals surface area contributed by atoms with Crippen LogP contribution in [0.2, 0.25) is 0 Å². The summed E-state index contributed by atoms with van der Waals surface area (Å²) in [6.45, 7) is 5.12. The molecule has 0 amide bonds. The minimum atomic E-state index is -0.228. The molecule has 4 heteroatoms.